The largest absolute Gasteiger partial charge is 0.394 e. The predicted octanol–water partition coefficient (Wildman–Crippen LogP) is 4.08. The zero-order chi connectivity index (χ0) is 30.1. The van der Waals surface area contributed by atoms with Gasteiger partial charge in [-0.05, 0) is 44.6 Å². The van der Waals surface area contributed by atoms with Gasteiger partial charge in [0.15, 0.2) is 0 Å². The van der Waals surface area contributed by atoms with Gasteiger partial charge in [-0.25, -0.2) is 0 Å². The molecule has 3 heterocycles. The quantitative estimate of drug-likeness (QED) is 0.378. The summed E-state index contributed by atoms with van der Waals surface area (Å²) in [6, 6.07) is 8.43. The second-order valence-corrected chi connectivity index (χ2v) is 12.8. The van der Waals surface area contributed by atoms with Gasteiger partial charge in [-0.1, -0.05) is 68.7 Å². The summed E-state index contributed by atoms with van der Waals surface area (Å²) in [6.07, 6.45) is 10.2. The number of fused-ring (bicyclic) bond motifs is 1. The highest BCUT2D eigenvalue weighted by Crippen LogP contribution is 2.64. The zero-order valence-corrected chi connectivity index (χ0v) is 25.2. The summed E-state index contributed by atoms with van der Waals surface area (Å²) >= 11 is 0. The first-order valence-electron chi connectivity index (χ1n) is 15.7. The molecule has 4 aliphatic rings. The Hall–Kier alpha value is -2.97. The van der Waals surface area contributed by atoms with Crippen molar-refractivity contribution in [3.63, 3.8) is 0 Å². The molecule has 1 aromatic rings. The van der Waals surface area contributed by atoms with Gasteiger partial charge < -0.3 is 24.5 Å². The average molecular weight is 578 g/mol. The van der Waals surface area contributed by atoms with E-state index in [1.807, 2.05) is 49.1 Å². The molecule has 42 heavy (non-hydrogen) atoms. The molecule has 8 nitrogen and oxygen atoms in total. The number of nitrogens with zero attached hydrogens (tertiary/aromatic N) is 3. The Labute approximate surface area is 250 Å². The van der Waals surface area contributed by atoms with Crippen molar-refractivity contribution >= 4 is 17.7 Å². The number of hydrogen-bond donors (Lipinski definition) is 1. The monoisotopic (exact) mass is 577 g/mol. The minimum Gasteiger partial charge on any atom is -0.394 e. The van der Waals surface area contributed by atoms with E-state index in [1.165, 1.54) is 0 Å². The fraction of sp³-hybridized carbons (Fsp3) is 0.618. The van der Waals surface area contributed by atoms with E-state index >= 15 is 0 Å². The van der Waals surface area contributed by atoms with E-state index in [-0.39, 0.29) is 30.4 Å². The van der Waals surface area contributed by atoms with Crippen LogP contribution in [0.25, 0.3) is 0 Å². The normalized spacial score (nSPS) is 31.1. The van der Waals surface area contributed by atoms with Crippen molar-refractivity contribution in [3.8, 4) is 0 Å². The van der Waals surface area contributed by atoms with Crippen molar-refractivity contribution in [1.82, 2.24) is 14.7 Å². The molecule has 3 amide bonds. The molecule has 5 rings (SSSR count). The first-order chi connectivity index (χ1) is 20.3. The maximum absolute atomic E-state index is 14.7. The van der Waals surface area contributed by atoms with Crippen LogP contribution < -0.4 is 0 Å². The molecule has 0 aromatic heterocycles. The Morgan fingerprint density at radius 2 is 1.79 bits per heavy atom. The Bertz CT molecular complexity index is 1180. The van der Waals surface area contributed by atoms with Crippen molar-refractivity contribution in [3.05, 3.63) is 61.2 Å². The third-order valence-corrected chi connectivity index (χ3v) is 10.3. The lowest BCUT2D eigenvalue weighted by molar-refractivity contribution is -0.158. The van der Waals surface area contributed by atoms with Crippen LogP contribution in [0.1, 0.15) is 70.8 Å². The van der Waals surface area contributed by atoms with Crippen LogP contribution in [0.2, 0.25) is 0 Å². The summed E-state index contributed by atoms with van der Waals surface area (Å²) in [6.45, 7) is 12.5. The Balaban J connectivity index is 1.55. The Kier molecular flexibility index (Phi) is 8.95. The van der Waals surface area contributed by atoms with E-state index in [9.17, 15) is 19.5 Å². The maximum atomic E-state index is 14.7. The summed E-state index contributed by atoms with van der Waals surface area (Å²) in [5, 5.41) is 10.4. The van der Waals surface area contributed by atoms with Gasteiger partial charge in [0.2, 0.25) is 17.7 Å². The second kappa shape index (κ2) is 12.3. The molecule has 8 heteroatoms. The van der Waals surface area contributed by atoms with E-state index in [2.05, 4.69) is 13.2 Å². The fourth-order valence-electron chi connectivity index (χ4n) is 8.32. The minimum atomic E-state index is -1.12. The van der Waals surface area contributed by atoms with Crippen LogP contribution in [0.4, 0.5) is 0 Å². The predicted molar refractivity (Wildman–Crippen MR) is 161 cm³/mol. The lowest BCUT2D eigenvalue weighted by Gasteiger charge is -2.42. The molecule has 1 N–H and O–H groups in total. The van der Waals surface area contributed by atoms with Crippen LogP contribution in [-0.2, 0) is 25.7 Å². The summed E-state index contributed by atoms with van der Waals surface area (Å²) in [7, 11) is 0. The van der Waals surface area contributed by atoms with Gasteiger partial charge in [-0.15, -0.1) is 13.2 Å². The molecule has 1 saturated carbocycles. The molecule has 6 atom stereocenters. The van der Waals surface area contributed by atoms with Gasteiger partial charge in [0.05, 0.1) is 30.1 Å². The van der Waals surface area contributed by atoms with Gasteiger partial charge in [0.25, 0.3) is 0 Å². The van der Waals surface area contributed by atoms with E-state index in [0.717, 1.165) is 37.7 Å². The van der Waals surface area contributed by atoms with Crippen LogP contribution in [0.5, 0.6) is 0 Å². The number of carbonyl (C=O) groups excluding carboxylic acids is 3. The summed E-state index contributed by atoms with van der Waals surface area (Å²) in [5.74, 6) is -2.08. The van der Waals surface area contributed by atoms with Crippen LogP contribution >= 0.6 is 0 Å². The number of ether oxygens (including phenoxy) is 1. The minimum absolute atomic E-state index is 0.0754. The highest BCUT2D eigenvalue weighted by molar-refractivity contribution is 5.99. The topological polar surface area (TPSA) is 90.4 Å². The fourth-order valence-corrected chi connectivity index (χ4v) is 8.32. The lowest BCUT2D eigenvalue weighted by Crippen LogP contribution is -2.60. The highest BCUT2D eigenvalue weighted by Gasteiger charge is 2.78. The van der Waals surface area contributed by atoms with Crippen LogP contribution in [0, 0.1) is 11.8 Å². The van der Waals surface area contributed by atoms with E-state index in [1.54, 1.807) is 22.0 Å². The lowest BCUT2D eigenvalue weighted by atomic mass is 9.66. The van der Waals surface area contributed by atoms with E-state index in [4.69, 9.17) is 4.74 Å². The Morgan fingerprint density at radius 3 is 2.40 bits per heavy atom. The van der Waals surface area contributed by atoms with Gasteiger partial charge in [-0.3, -0.25) is 14.4 Å². The third-order valence-electron chi connectivity index (χ3n) is 10.3. The van der Waals surface area contributed by atoms with Crippen molar-refractivity contribution in [2.75, 3.05) is 19.7 Å². The molecular weight excluding hydrogens is 530 g/mol. The molecule has 2 bridgehead atoms. The second-order valence-electron chi connectivity index (χ2n) is 12.8. The summed E-state index contributed by atoms with van der Waals surface area (Å²) in [5.41, 5.74) is -0.998. The van der Waals surface area contributed by atoms with Gasteiger partial charge in [-0.2, -0.15) is 0 Å². The molecule has 1 aromatic carbocycles. The SMILES string of the molecule is C=CCN(Cc1ccccc1)C(=O)[C@@H]1[C@H]2C(=O)N([C@@H](CC)CO)C(C(=O)N(CC=C)C3CCCCC3)C23CC[C@@]1(C)O3. The highest BCUT2D eigenvalue weighted by atomic mass is 16.5. The number of amides is 3. The van der Waals surface area contributed by atoms with Crippen molar-refractivity contribution in [1.29, 1.82) is 0 Å². The van der Waals surface area contributed by atoms with E-state index < -0.39 is 35.1 Å². The number of aliphatic hydroxyl groups excluding tert-OH is 1. The number of aliphatic hydroxyl groups is 1. The number of rotatable bonds is 12. The number of hydrogen-bond acceptors (Lipinski definition) is 5. The van der Waals surface area contributed by atoms with Gasteiger partial charge >= 0.3 is 0 Å². The van der Waals surface area contributed by atoms with E-state index in [0.29, 0.717) is 38.9 Å². The number of likely N-dealkylation sites (tertiary alicyclic amines) is 1. The van der Waals surface area contributed by atoms with Crippen LogP contribution in [0.15, 0.2) is 55.6 Å². The first kappa shape index (κ1) is 30.5. The van der Waals surface area contributed by atoms with Crippen molar-refractivity contribution < 1.29 is 24.2 Å². The van der Waals surface area contributed by atoms with Crippen LogP contribution in [-0.4, -0.2) is 86.6 Å². The summed E-state index contributed by atoms with van der Waals surface area (Å²) in [4.78, 5) is 49.0. The van der Waals surface area contributed by atoms with Crippen molar-refractivity contribution in [2.45, 2.75) is 101 Å². The molecule has 228 valence electrons. The average Bonchev–Trinajstić information content (AvgIpc) is 3.57. The molecule has 0 radical (unpaired) electrons. The van der Waals surface area contributed by atoms with Gasteiger partial charge in [0, 0.05) is 25.7 Å². The molecule has 3 saturated heterocycles. The zero-order valence-electron chi connectivity index (χ0n) is 25.2. The standard InChI is InChI=1S/C34H47N3O5/c1-5-20-35(22-24-14-10-8-11-15-24)30(39)27-28-31(40)37(25(7-3)23-38)29(34(28)19-18-33(27,4)42-34)32(41)36(21-6-2)26-16-12-9-13-17-26/h5-6,8,10-11,14-15,25-29,38H,1-2,7,9,12-13,16-23H2,3-4H3/t25-,27-,28-,29?,33+,34?/m0/s1. The molecular formula is C34H47N3O5. The molecule has 1 aliphatic carbocycles. The summed E-state index contributed by atoms with van der Waals surface area (Å²) < 4.78 is 6.88. The Morgan fingerprint density at radius 1 is 1.10 bits per heavy atom. The molecule has 4 fully saturated rings. The molecule has 1 spiro atoms. The van der Waals surface area contributed by atoms with Crippen LogP contribution in [0.3, 0.4) is 0 Å². The van der Waals surface area contributed by atoms with Gasteiger partial charge in [0.1, 0.15) is 11.6 Å². The first-order valence-corrected chi connectivity index (χ1v) is 15.7. The maximum Gasteiger partial charge on any atom is 0.248 e. The number of benzene rings is 1. The smallest absolute Gasteiger partial charge is 0.248 e. The third kappa shape index (κ3) is 5.00. The molecule has 2 unspecified atom stereocenters. The molecule has 3 aliphatic heterocycles. The van der Waals surface area contributed by atoms with Crippen molar-refractivity contribution in [2.24, 2.45) is 11.8 Å². The number of carbonyl (C=O) groups is 3.